The van der Waals surface area contributed by atoms with E-state index in [9.17, 15) is 19.2 Å². The number of benzene rings is 2. The van der Waals surface area contributed by atoms with E-state index in [1.165, 1.54) is 17.6 Å². The number of nitrogens with one attached hydrogen (secondary N) is 1. The summed E-state index contributed by atoms with van der Waals surface area (Å²) in [5.41, 5.74) is -0.0150. The summed E-state index contributed by atoms with van der Waals surface area (Å²) in [4.78, 5) is 51.6. The molecule has 31 heavy (non-hydrogen) atoms. The van der Waals surface area contributed by atoms with E-state index in [-0.39, 0.29) is 17.6 Å². The number of rotatable bonds is 7. The highest BCUT2D eigenvalue weighted by atomic mass is 16.2. The minimum absolute atomic E-state index is 0.171. The van der Waals surface area contributed by atoms with Crippen molar-refractivity contribution in [1.29, 1.82) is 0 Å². The highest BCUT2D eigenvalue weighted by Crippen LogP contribution is 2.18. The monoisotopic (exact) mass is 421 g/mol. The second-order valence-corrected chi connectivity index (χ2v) is 7.98. The summed E-state index contributed by atoms with van der Waals surface area (Å²) >= 11 is 0. The van der Waals surface area contributed by atoms with Crippen LogP contribution in [0.25, 0.3) is 16.6 Å². The van der Waals surface area contributed by atoms with Gasteiger partial charge in [-0.05, 0) is 43.5 Å². The molecule has 2 aromatic carbocycles. The van der Waals surface area contributed by atoms with Gasteiger partial charge in [0.2, 0.25) is 5.91 Å². The Bertz CT molecular complexity index is 1250. The average molecular weight is 421 g/mol. The number of amides is 1. The summed E-state index contributed by atoms with van der Waals surface area (Å²) < 4.78 is 2.42. The molecule has 0 aliphatic heterocycles. The van der Waals surface area contributed by atoms with E-state index in [1.807, 2.05) is 20.8 Å². The lowest BCUT2D eigenvalue weighted by molar-refractivity contribution is -0.124. The van der Waals surface area contributed by atoms with Crippen molar-refractivity contribution in [2.75, 3.05) is 6.54 Å². The molecule has 0 radical (unpaired) electrons. The molecule has 0 spiro atoms. The normalized spacial score (nSPS) is 12.2. The van der Waals surface area contributed by atoms with E-state index in [1.54, 1.807) is 42.5 Å². The molecule has 3 aromatic rings. The van der Waals surface area contributed by atoms with Crippen LogP contribution < -0.4 is 16.6 Å². The van der Waals surface area contributed by atoms with Gasteiger partial charge in [-0.25, -0.2) is 9.36 Å². The number of carbonyl (C=O) groups is 2. The van der Waals surface area contributed by atoms with Crippen LogP contribution in [0.2, 0.25) is 0 Å². The van der Waals surface area contributed by atoms with Crippen molar-refractivity contribution in [3.63, 3.8) is 0 Å². The summed E-state index contributed by atoms with van der Waals surface area (Å²) in [5.74, 6) is -0.181. The Kier molecular flexibility index (Phi) is 6.53. The lowest BCUT2D eigenvalue weighted by Crippen LogP contribution is -2.44. The molecular weight excluding hydrogens is 394 g/mol. The Morgan fingerprint density at radius 2 is 1.74 bits per heavy atom. The fourth-order valence-electron chi connectivity index (χ4n) is 3.58. The van der Waals surface area contributed by atoms with Crippen molar-refractivity contribution in [1.82, 2.24) is 14.5 Å². The van der Waals surface area contributed by atoms with Crippen LogP contribution in [0.5, 0.6) is 0 Å². The predicted molar refractivity (Wildman–Crippen MR) is 121 cm³/mol. The Morgan fingerprint density at radius 1 is 1.03 bits per heavy atom. The molecule has 1 N–H and O–H groups in total. The molecule has 162 valence electrons. The van der Waals surface area contributed by atoms with E-state index >= 15 is 0 Å². The topological polar surface area (TPSA) is 90.2 Å². The molecule has 0 aliphatic rings. The second-order valence-electron chi connectivity index (χ2n) is 7.98. The summed E-state index contributed by atoms with van der Waals surface area (Å²) in [6.45, 7) is 7.72. The van der Waals surface area contributed by atoms with Crippen LogP contribution in [0.15, 0.2) is 58.1 Å². The standard InChI is InChI=1S/C24H27N3O4/c1-5-20(22(29)25-14-15(2)3)27-21-12-7-6-11-19(21)23(30)26(24(27)31)18-10-8-9-17(13-18)16(4)28/h6-13,15,20H,5,14H2,1-4H3,(H,25,29). The largest absolute Gasteiger partial charge is 0.354 e. The first kappa shape index (κ1) is 22.2. The van der Waals surface area contributed by atoms with Crippen LogP contribution in [-0.4, -0.2) is 27.4 Å². The fraction of sp³-hybridized carbons (Fsp3) is 0.333. The van der Waals surface area contributed by atoms with Crippen LogP contribution in [0.1, 0.15) is 50.5 Å². The van der Waals surface area contributed by atoms with Crippen molar-refractivity contribution in [2.45, 2.75) is 40.2 Å². The van der Waals surface area contributed by atoms with E-state index in [0.717, 1.165) is 4.57 Å². The average Bonchev–Trinajstić information content (AvgIpc) is 2.75. The van der Waals surface area contributed by atoms with Gasteiger partial charge in [0.15, 0.2) is 5.78 Å². The maximum atomic E-state index is 13.6. The van der Waals surface area contributed by atoms with Gasteiger partial charge < -0.3 is 5.32 Å². The van der Waals surface area contributed by atoms with Gasteiger partial charge in [0, 0.05) is 12.1 Å². The van der Waals surface area contributed by atoms with Gasteiger partial charge in [0.25, 0.3) is 5.56 Å². The third kappa shape index (κ3) is 4.35. The quantitative estimate of drug-likeness (QED) is 0.594. The lowest BCUT2D eigenvalue weighted by Gasteiger charge is -2.22. The maximum absolute atomic E-state index is 13.6. The molecule has 0 bridgehead atoms. The lowest BCUT2D eigenvalue weighted by atomic mass is 10.1. The molecule has 1 aromatic heterocycles. The maximum Gasteiger partial charge on any atom is 0.336 e. The van der Waals surface area contributed by atoms with Gasteiger partial charge in [0.1, 0.15) is 6.04 Å². The predicted octanol–water partition coefficient (Wildman–Crippen LogP) is 3.08. The molecule has 1 heterocycles. The van der Waals surface area contributed by atoms with Crippen molar-refractivity contribution >= 4 is 22.6 Å². The van der Waals surface area contributed by atoms with Crippen molar-refractivity contribution in [2.24, 2.45) is 5.92 Å². The molecule has 0 aliphatic carbocycles. The number of ketones is 1. The third-order valence-corrected chi connectivity index (χ3v) is 5.19. The highest BCUT2D eigenvalue weighted by molar-refractivity contribution is 5.94. The van der Waals surface area contributed by atoms with Crippen molar-refractivity contribution in [3.8, 4) is 5.69 Å². The summed E-state index contributed by atoms with van der Waals surface area (Å²) in [7, 11) is 0. The number of aromatic nitrogens is 2. The number of hydrogen-bond donors (Lipinski definition) is 1. The number of nitrogens with zero attached hydrogens (tertiary/aromatic N) is 2. The van der Waals surface area contributed by atoms with E-state index in [4.69, 9.17) is 0 Å². The number of carbonyl (C=O) groups excluding carboxylic acids is 2. The first-order valence-corrected chi connectivity index (χ1v) is 10.4. The molecule has 0 fully saturated rings. The molecule has 1 amide bonds. The fourth-order valence-corrected chi connectivity index (χ4v) is 3.58. The SMILES string of the molecule is CCC(C(=O)NCC(C)C)n1c(=O)n(-c2cccc(C(C)=O)c2)c(=O)c2ccccc21. The number of fused-ring (bicyclic) bond motifs is 1. The molecule has 0 saturated carbocycles. The molecule has 0 saturated heterocycles. The number of Topliss-reactive ketones (excluding diaryl/α,β-unsaturated/α-hetero) is 1. The van der Waals surface area contributed by atoms with Crippen molar-refractivity contribution < 1.29 is 9.59 Å². The van der Waals surface area contributed by atoms with Crippen LogP contribution >= 0.6 is 0 Å². The Morgan fingerprint density at radius 3 is 2.39 bits per heavy atom. The van der Waals surface area contributed by atoms with Crippen LogP contribution in [-0.2, 0) is 4.79 Å². The van der Waals surface area contributed by atoms with E-state index in [2.05, 4.69) is 5.32 Å². The summed E-state index contributed by atoms with van der Waals surface area (Å²) in [5, 5.41) is 3.22. The van der Waals surface area contributed by atoms with Gasteiger partial charge in [-0.2, -0.15) is 0 Å². The molecule has 1 unspecified atom stereocenters. The number of hydrogen-bond acceptors (Lipinski definition) is 4. The number of para-hydroxylation sites is 1. The van der Waals surface area contributed by atoms with Gasteiger partial charge in [-0.15, -0.1) is 0 Å². The summed E-state index contributed by atoms with van der Waals surface area (Å²) in [6, 6.07) is 12.4. The zero-order chi connectivity index (χ0) is 22.7. The molecule has 1 atom stereocenters. The van der Waals surface area contributed by atoms with Crippen LogP contribution in [0.3, 0.4) is 0 Å². The van der Waals surface area contributed by atoms with Gasteiger partial charge in [-0.3, -0.25) is 19.0 Å². The molecular formula is C24H27N3O4. The van der Waals surface area contributed by atoms with Gasteiger partial charge >= 0.3 is 5.69 Å². The van der Waals surface area contributed by atoms with E-state index < -0.39 is 17.3 Å². The zero-order valence-corrected chi connectivity index (χ0v) is 18.2. The van der Waals surface area contributed by atoms with Crippen LogP contribution in [0, 0.1) is 5.92 Å². The smallest absolute Gasteiger partial charge is 0.336 e. The van der Waals surface area contributed by atoms with Crippen molar-refractivity contribution in [3.05, 3.63) is 74.9 Å². The Balaban J connectivity index is 2.31. The molecule has 7 heteroatoms. The second kappa shape index (κ2) is 9.12. The third-order valence-electron chi connectivity index (χ3n) is 5.19. The van der Waals surface area contributed by atoms with Gasteiger partial charge in [-0.1, -0.05) is 45.0 Å². The molecule has 3 rings (SSSR count). The molecule has 7 nitrogen and oxygen atoms in total. The van der Waals surface area contributed by atoms with Crippen LogP contribution in [0.4, 0.5) is 0 Å². The highest BCUT2D eigenvalue weighted by Gasteiger charge is 2.25. The Labute approximate surface area is 180 Å². The first-order chi connectivity index (χ1) is 14.8. The minimum Gasteiger partial charge on any atom is -0.354 e. The van der Waals surface area contributed by atoms with E-state index in [0.29, 0.717) is 35.1 Å². The minimum atomic E-state index is -0.779. The first-order valence-electron chi connectivity index (χ1n) is 10.4. The summed E-state index contributed by atoms with van der Waals surface area (Å²) in [6.07, 6.45) is 0.375. The van der Waals surface area contributed by atoms with Gasteiger partial charge in [0.05, 0.1) is 16.6 Å². The Hall–Kier alpha value is -3.48. The zero-order valence-electron chi connectivity index (χ0n) is 18.2.